The third-order valence-corrected chi connectivity index (χ3v) is 8.02. The maximum atomic E-state index is 4.23. The average molecular weight is 695 g/mol. The molecular weight excluding hydrogens is 637 g/mol. The first-order valence-corrected chi connectivity index (χ1v) is 18.0. The first kappa shape index (κ1) is 41.3. The van der Waals surface area contributed by atoms with Gasteiger partial charge in [0.2, 0.25) is 0 Å². The highest BCUT2D eigenvalue weighted by Gasteiger charge is 2.27. The summed E-state index contributed by atoms with van der Waals surface area (Å²) < 4.78 is 0. The van der Waals surface area contributed by atoms with Crippen LogP contribution >= 0.6 is 0 Å². The second-order valence-corrected chi connectivity index (χ2v) is 14.3. The fourth-order valence-corrected chi connectivity index (χ4v) is 6.83. The van der Waals surface area contributed by atoms with Crippen LogP contribution in [0.2, 0.25) is 0 Å². The summed E-state index contributed by atoms with van der Waals surface area (Å²) in [5.74, 6) is 3.73. The van der Waals surface area contributed by atoms with Crippen molar-refractivity contribution in [1.82, 2.24) is 29.9 Å². The zero-order valence-corrected chi connectivity index (χ0v) is 34.2. The normalized spacial score (nSPS) is 13.9. The Morgan fingerprint density at radius 2 is 0.558 bits per heavy atom. The van der Waals surface area contributed by atoms with Crippen LogP contribution in [-0.2, 0) is 0 Å². The van der Waals surface area contributed by atoms with Gasteiger partial charge in [0, 0.05) is 28.7 Å². The lowest BCUT2D eigenvalue weighted by Gasteiger charge is -2.31. The lowest BCUT2D eigenvalue weighted by Crippen LogP contribution is -2.17. The van der Waals surface area contributed by atoms with E-state index in [1.54, 1.807) is 0 Å². The monoisotopic (exact) mass is 694 g/mol. The quantitative estimate of drug-likeness (QED) is 0.182. The minimum atomic E-state index is 0.496. The summed E-state index contributed by atoms with van der Waals surface area (Å²) in [6.07, 6.45) is 13.9. The van der Waals surface area contributed by atoms with Crippen molar-refractivity contribution < 1.29 is 0 Å². The minimum absolute atomic E-state index is 0.496. The van der Waals surface area contributed by atoms with Crippen molar-refractivity contribution in [2.75, 3.05) is 0 Å². The van der Waals surface area contributed by atoms with Crippen molar-refractivity contribution in [2.24, 2.45) is 5.92 Å². The van der Waals surface area contributed by atoms with Gasteiger partial charge in [-0.05, 0) is 144 Å². The van der Waals surface area contributed by atoms with E-state index >= 15 is 0 Å². The zero-order chi connectivity index (χ0) is 38.7. The van der Waals surface area contributed by atoms with Gasteiger partial charge in [-0.2, -0.15) is 0 Å². The molecule has 0 fully saturated rings. The summed E-state index contributed by atoms with van der Waals surface area (Å²) in [7, 11) is 0. The van der Waals surface area contributed by atoms with E-state index in [-0.39, 0.29) is 0 Å². The molecule has 3 heterocycles. The molecule has 3 aliphatic carbocycles. The molecule has 4 aromatic rings. The number of pyridine rings is 1. The summed E-state index contributed by atoms with van der Waals surface area (Å²) in [5.41, 5.74) is 18.1. The molecule has 6 heteroatoms. The van der Waals surface area contributed by atoms with E-state index in [4.69, 9.17) is 0 Å². The Morgan fingerprint density at radius 3 is 0.846 bits per heavy atom. The molecule has 1 aromatic carbocycles. The van der Waals surface area contributed by atoms with Crippen LogP contribution in [0.4, 0.5) is 0 Å². The van der Waals surface area contributed by atoms with E-state index in [0.29, 0.717) is 5.92 Å². The lowest BCUT2D eigenvalue weighted by molar-refractivity contribution is 0.857. The Labute approximate surface area is 313 Å². The number of hydrogen-bond donors (Lipinski definition) is 0. The molecule has 3 aliphatic rings. The second-order valence-electron chi connectivity index (χ2n) is 14.3. The van der Waals surface area contributed by atoms with Gasteiger partial charge in [0.25, 0.3) is 0 Å². The number of aromatic nitrogens is 6. The van der Waals surface area contributed by atoms with Crippen LogP contribution in [-0.4, -0.2) is 29.9 Å². The van der Waals surface area contributed by atoms with Gasteiger partial charge in [-0.25, -0.2) is 24.9 Å². The molecule has 7 rings (SSSR count). The third-order valence-electron chi connectivity index (χ3n) is 8.02. The largest absolute Gasteiger partial charge is 0.258 e. The Morgan fingerprint density at radius 1 is 0.288 bits per heavy atom. The summed E-state index contributed by atoms with van der Waals surface area (Å²) in [5, 5.41) is 0. The predicted octanol–water partition coefficient (Wildman–Crippen LogP) is 11.1. The predicted molar refractivity (Wildman–Crippen MR) is 218 cm³/mol. The smallest absolute Gasteiger partial charge is 0.129 e. The number of nitrogens with zero attached hydrogens (tertiary/aromatic N) is 6. The van der Waals surface area contributed by atoms with Gasteiger partial charge in [0.05, 0.1) is 0 Å². The van der Waals surface area contributed by atoms with Crippen LogP contribution in [0.25, 0.3) is 0 Å². The van der Waals surface area contributed by atoms with Gasteiger partial charge in [0.15, 0.2) is 0 Å². The zero-order valence-electron chi connectivity index (χ0n) is 34.2. The van der Waals surface area contributed by atoms with Crippen molar-refractivity contribution in [3.05, 3.63) is 175 Å². The van der Waals surface area contributed by atoms with Crippen LogP contribution in [0.5, 0.6) is 0 Å². The Kier molecular flexibility index (Phi) is 15.0. The van der Waals surface area contributed by atoms with Crippen molar-refractivity contribution in [3.63, 3.8) is 0 Å². The number of rotatable bonds is 0. The van der Waals surface area contributed by atoms with Crippen LogP contribution < -0.4 is 0 Å². The van der Waals surface area contributed by atoms with Gasteiger partial charge in [-0.15, -0.1) is 0 Å². The molecule has 0 aliphatic heterocycles. The Hall–Kier alpha value is -5.10. The Bertz CT molecular complexity index is 1610. The van der Waals surface area contributed by atoms with E-state index in [0.717, 1.165) is 46.1 Å². The maximum absolute atomic E-state index is 4.23. The van der Waals surface area contributed by atoms with Gasteiger partial charge in [0.1, 0.15) is 23.3 Å². The SMILES string of the molecule is CC1=CC2=CC(C)=CC3=CC(C)=CC(=C1)C23.Cc1cc(C)cc(C)c1.Cc1cc(C)nc(C)c1.Cc1cc(C)nc(C)n1.Cc1nc(C)nc(C)n1. The van der Waals surface area contributed by atoms with Crippen molar-refractivity contribution in [2.45, 2.75) is 104 Å². The van der Waals surface area contributed by atoms with Crippen molar-refractivity contribution in [1.29, 1.82) is 0 Å². The highest BCUT2D eigenvalue weighted by atomic mass is 15.0. The standard InChI is InChI=1S/C16H16.C9H12.C8H11N.C7H10N2.C6H9N3/c1-10-4-13-6-11(2)8-15-9-12(3)7-14(5-10)16(13)15;1-7-4-8(2)6-9(3)5-7;1-6-4-7(2)9-8(3)5-6;1-5-4-6(2)9-7(3)8-5;1-4-7-5(2)9-6(3)8-4/h4-9,16H,1-3H3;4-6H,1-3H3;4-5H,1-3H3;4H,1-3H3;1-3H3. The molecule has 0 atom stereocenters. The van der Waals surface area contributed by atoms with Crippen molar-refractivity contribution >= 4 is 0 Å². The van der Waals surface area contributed by atoms with Gasteiger partial charge >= 0.3 is 0 Å². The molecule has 3 aromatic heterocycles. The highest BCUT2D eigenvalue weighted by molar-refractivity contribution is 5.62. The van der Waals surface area contributed by atoms with Crippen LogP contribution in [0, 0.1) is 89.0 Å². The molecule has 0 N–H and O–H groups in total. The topological polar surface area (TPSA) is 77.3 Å². The summed E-state index contributed by atoms with van der Waals surface area (Å²) >= 11 is 0. The minimum Gasteiger partial charge on any atom is -0.258 e. The molecule has 0 spiro atoms. The molecule has 0 bridgehead atoms. The molecule has 0 unspecified atom stereocenters. The van der Waals surface area contributed by atoms with Gasteiger partial charge in [-0.3, -0.25) is 4.98 Å². The molecule has 52 heavy (non-hydrogen) atoms. The van der Waals surface area contributed by atoms with E-state index in [2.05, 4.69) is 145 Å². The molecule has 0 radical (unpaired) electrons. The average Bonchev–Trinajstić information content (AvgIpc) is 2.95. The third kappa shape index (κ3) is 13.9. The number of aryl methyl sites for hydroxylation is 12. The number of allylic oxidation sites excluding steroid dienone is 12. The summed E-state index contributed by atoms with van der Waals surface area (Å²) in [4.78, 5) is 24.5. The molecule has 6 nitrogen and oxygen atoms in total. The second kappa shape index (κ2) is 18.9. The fraction of sp³-hybridized carbons (Fsp3) is 0.348. The first-order valence-electron chi connectivity index (χ1n) is 18.0. The molecule has 0 saturated carbocycles. The van der Waals surface area contributed by atoms with Crippen molar-refractivity contribution in [3.8, 4) is 0 Å². The van der Waals surface area contributed by atoms with Crippen LogP contribution in [0.15, 0.2) is 106 Å². The Balaban J connectivity index is 0.000000181. The number of benzene rings is 1. The maximum Gasteiger partial charge on any atom is 0.129 e. The van der Waals surface area contributed by atoms with E-state index in [1.165, 1.54) is 55.7 Å². The number of hydrogen-bond acceptors (Lipinski definition) is 6. The molecule has 0 saturated heterocycles. The van der Waals surface area contributed by atoms with Gasteiger partial charge in [-0.1, -0.05) is 88.1 Å². The van der Waals surface area contributed by atoms with E-state index in [1.807, 2.05) is 61.5 Å². The fourth-order valence-electron chi connectivity index (χ4n) is 6.83. The van der Waals surface area contributed by atoms with Gasteiger partial charge < -0.3 is 0 Å². The first-order chi connectivity index (χ1) is 24.4. The molecule has 0 amide bonds. The summed E-state index contributed by atoms with van der Waals surface area (Å²) in [6.45, 7) is 30.5. The van der Waals surface area contributed by atoms with Crippen LogP contribution in [0.1, 0.15) is 89.1 Å². The molecular formula is C46H58N6. The van der Waals surface area contributed by atoms with E-state index in [9.17, 15) is 0 Å². The highest BCUT2D eigenvalue weighted by Crippen LogP contribution is 2.42. The lowest BCUT2D eigenvalue weighted by atomic mass is 9.73. The van der Waals surface area contributed by atoms with Crippen LogP contribution in [0.3, 0.4) is 0 Å². The van der Waals surface area contributed by atoms with E-state index < -0.39 is 0 Å². The molecule has 272 valence electrons. The summed E-state index contributed by atoms with van der Waals surface area (Å²) in [6, 6.07) is 12.7.